The maximum atomic E-state index is 12.3. The fourth-order valence-corrected chi connectivity index (χ4v) is 5.14. The van der Waals surface area contributed by atoms with Gasteiger partial charge in [-0.3, -0.25) is 4.79 Å². The number of nitrogens with one attached hydrogen (secondary N) is 1. The zero-order valence-electron chi connectivity index (χ0n) is 14.4. The van der Waals surface area contributed by atoms with Gasteiger partial charge in [-0.15, -0.1) is 0 Å². The van der Waals surface area contributed by atoms with Gasteiger partial charge in [0.25, 0.3) is 0 Å². The van der Waals surface area contributed by atoms with Crippen LogP contribution in [-0.2, 0) is 11.2 Å². The molecule has 0 saturated heterocycles. The molecule has 0 spiro atoms. The molecular formula is C20H27NO2. The van der Waals surface area contributed by atoms with Crippen LogP contribution in [0.5, 0.6) is 0 Å². The molecule has 4 rings (SSSR count). The summed E-state index contributed by atoms with van der Waals surface area (Å²) in [5.74, 6) is 3.15. The van der Waals surface area contributed by atoms with E-state index in [9.17, 15) is 4.79 Å². The Balaban J connectivity index is 1.48. The molecule has 0 bridgehead atoms. The van der Waals surface area contributed by atoms with Crippen molar-refractivity contribution in [2.45, 2.75) is 58.9 Å². The normalized spacial score (nSPS) is 36.9. The first-order chi connectivity index (χ1) is 11.0. The zero-order valence-corrected chi connectivity index (χ0v) is 14.4. The van der Waals surface area contributed by atoms with Crippen LogP contribution < -0.4 is 5.32 Å². The van der Waals surface area contributed by atoms with Crippen molar-refractivity contribution in [2.24, 2.45) is 23.2 Å². The lowest BCUT2D eigenvalue weighted by molar-refractivity contribution is -0.115. The SMILES string of the molecule is CC(N[C@H]1CCC[C@@H]1Cc1ccco1)=C1C(=O)C[C@@H]2[C@@H]1C2(C)C. The van der Waals surface area contributed by atoms with Crippen molar-refractivity contribution in [3.63, 3.8) is 0 Å². The number of rotatable bonds is 4. The molecule has 3 saturated carbocycles. The van der Waals surface area contributed by atoms with Gasteiger partial charge in [0.05, 0.1) is 6.26 Å². The van der Waals surface area contributed by atoms with Crippen LogP contribution in [0.2, 0.25) is 0 Å². The molecule has 3 aliphatic rings. The molecule has 3 fully saturated rings. The number of allylic oxidation sites excluding steroid dienone is 2. The molecule has 1 N–H and O–H groups in total. The highest BCUT2D eigenvalue weighted by atomic mass is 16.3. The quantitative estimate of drug-likeness (QED) is 0.851. The van der Waals surface area contributed by atoms with Crippen molar-refractivity contribution in [3.8, 4) is 0 Å². The van der Waals surface area contributed by atoms with E-state index < -0.39 is 0 Å². The van der Waals surface area contributed by atoms with Gasteiger partial charge in [-0.05, 0) is 55.1 Å². The van der Waals surface area contributed by atoms with Crippen LogP contribution in [0.15, 0.2) is 34.1 Å². The Morgan fingerprint density at radius 1 is 1.39 bits per heavy atom. The first kappa shape index (κ1) is 15.0. The van der Waals surface area contributed by atoms with E-state index in [-0.39, 0.29) is 0 Å². The largest absolute Gasteiger partial charge is 0.469 e. The second-order valence-corrected chi connectivity index (χ2v) is 8.30. The molecule has 0 amide bonds. The van der Waals surface area contributed by atoms with Crippen molar-refractivity contribution in [3.05, 3.63) is 35.4 Å². The maximum Gasteiger partial charge on any atom is 0.161 e. The van der Waals surface area contributed by atoms with Gasteiger partial charge in [0.15, 0.2) is 5.78 Å². The summed E-state index contributed by atoms with van der Waals surface area (Å²) >= 11 is 0. The number of Topliss-reactive ketones (excluding diaryl/α,β-unsaturated/α-hetero) is 1. The summed E-state index contributed by atoms with van der Waals surface area (Å²) in [7, 11) is 0. The van der Waals surface area contributed by atoms with Crippen LogP contribution in [0, 0.1) is 23.2 Å². The zero-order chi connectivity index (χ0) is 16.2. The minimum atomic E-state index is 0.329. The Morgan fingerprint density at radius 3 is 2.91 bits per heavy atom. The van der Waals surface area contributed by atoms with E-state index in [1.807, 2.05) is 6.07 Å². The molecule has 3 aliphatic carbocycles. The van der Waals surface area contributed by atoms with Gasteiger partial charge in [0.2, 0.25) is 0 Å². The van der Waals surface area contributed by atoms with Gasteiger partial charge in [-0.1, -0.05) is 20.3 Å². The maximum absolute atomic E-state index is 12.3. The fraction of sp³-hybridized carbons (Fsp3) is 0.650. The average Bonchev–Trinajstić information content (AvgIpc) is 3.04. The summed E-state index contributed by atoms with van der Waals surface area (Å²) < 4.78 is 5.52. The molecule has 0 aromatic carbocycles. The molecule has 0 unspecified atom stereocenters. The van der Waals surface area contributed by atoms with Crippen LogP contribution in [0.3, 0.4) is 0 Å². The molecule has 1 heterocycles. The predicted molar refractivity (Wildman–Crippen MR) is 89.8 cm³/mol. The smallest absolute Gasteiger partial charge is 0.161 e. The van der Waals surface area contributed by atoms with E-state index in [1.165, 1.54) is 19.3 Å². The fourth-order valence-electron chi connectivity index (χ4n) is 5.14. The Morgan fingerprint density at radius 2 is 2.22 bits per heavy atom. The van der Waals surface area contributed by atoms with E-state index in [2.05, 4.69) is 32.2 Å². The standard InChI is InChI=1S/C20H27NO2/c1-12(18-17(22)11-15-19(18)20(15,2)3)21-16-8-4-6-13(16)10-14-7-5-9-23-14/h5,7,9,13,15-16,19,21H,4,6,8,10-11H2,1-3H3/t13-,15-,16+,19+/m1/s1. The van der Waals surface area contributed by atoms with Gasteiger partial charge in [0.1, 0.15) is 5.76 Å². The predicted octanol–water partition coefficient (Wildman–Crippen LogP) is 4.10. The molecule has 23 heavy (non-hydrogen) atoms. The summed E-state index contributed by atoms with van der Waals surface area (Å²) in [6, 6.07) is 4.51. The lowest BCUT2D eigenvalue weighted by atomic mass is 9.94. The highest BCUT2D eigenvalue weighted by molar-refractivity contribution is 6.01. The van der Waals surface area contributed by atoms with Crippen LogP contribution in [0.25, 0.3) is 0 Å². The molecule has 3 heteroatoms. The van der Waals surface area contributed by atoms with Crippen LogP contribution in [0.4, 0.5) is 0 Å². The van der Waals surface area contributed by atoms with E-state index >= 15 is 0 Å². The van der Waals surface area contributed by atoms with E-state index in [0.717, 1.165) is 29.9 Å². The third kappa shape index (κ3) is 2.45. The van der Waals surface area contributed by atoms with E-state index in [1.54, 1.807) is 6.26 Å². The van der Waals surface area contributed by atoms with Gasteiger partial charge in [0, 0.05) is 30.2 Å². The van der Waals surface area contributed by atoms with Crippen LogP contribution in [-0.4, -0.2) is 11.8 Å². The van der Waals surface area contributed by atoms with Crippen molar-refractivity contribution in [1.82, 2.24) is 5.32 Å². The lowest BCUT2D eigenvalue weighted by Gasteiger charge is -2.23. The number of ketones is 1. The molecule has 0 aliphatic heterocycles. The Hall–Kier alpha value is -1.51. The molecule has 4 atom stereocenters. The number of furan rings is 1. The number of fused-ring (bicyclic) bond motifs is 1. The number of carbonyl (C=O) groups is 1. The highest BCUT2D eigenvalue weighted by Crippen LogP contribution is 2.68. The summed E-state index contributed by atoms with van der Waals surface area (Å²) in [6.07, 6.45) is 7.21. The Kier molecular flexibility index (Phi) is 3.44. The summed E-state index contributed by atoms with van der Waals surface area (Å²) in [4.78, 5) is 12.3. The molecule has 1 aromatic rings. The average molecular weight is 313 g/mol. The first-order valence-electron chi connectivity index (χ1n) is 9.01. The third-order valence-electron chi connectivity index (χ3n) is 6.58. The molecule has 0 radical (unpaired) electrons. The van der Waals surface area contributed by atoms with E-state index in [0.29, 0.717) is 35.0 Å². The van der Waals surface area contributed by atoms with Crippen molar-refractivity contribution in [2.75, 3.05) is 0 Å². The highest BCUT2D eigenvalue weighted by Gasteiger charge is 2.65. The summed E-state index contributed by atoms with van der Waals surface area (Å²) in [5, 5.41) is 3.73. The topological polar surface area (TPSA) is 42.2 Å². The Bertz CT molecular complexity index is 641. The Labute approximate surface area is 138 Å². The first-order valence-corrected chi connectivity index (χ1v) is 9.01. The molecule has 1 aromatic heterocycles. The van der Waals surface area contributed by atoms with Gasteiger partial charge in [-0.2, -0.15) is 0 Å². The molecule has 3 nitrogen and oxygen atoms in total. The van der Waals surface area contributed by atoms with Crippen LogP contribution >= 0.6 is 0 Å². The lowest BCUT2D eigenvalue weighted by Crippen LogP contribution is -2.33. The number of hydrogen-bond acceptors (Lipinski definition) is 3. The minimum absolute atomic E-state index is 0.329. The molecular weight excluding hydrogens is 286 g/mol. The number of carbonyl (C=O) groups excluding carboxylic acids is 1. The second-order valence-electron chi connectivity index (χ2n) is 8.30. The minimum Gasteiger partial charge on any atom is -0.469 e. The van der Waals surface area contributed by atoms with Gasteiger partial charge in [-0.25, -0.2) is 0 Å². The molecule has 124 valence electrons. The summed E-state index contributed by atoms with van der Waals surface area (Å²) in [6.45, 7) is 6.72. The second kappa shape index (κ2) is 5.25. The number of hydrogen-bond donors (Lipinski definition) is 1. The van der Waals surface area contributed by atoms with Crippen molar-refractivity contribution in [1.29, 1.82) is 0 Å². The van der Waals surface area contributed by atoms with Gasteiger partial charge >= 0.3 is 0 Å². The van der Waals surface area contributed by atoms with Gasteiger partial charge < -0.3 is 9.73 Å². The van der Waals surface area contributed by atoms with Crippen LogP contribution in [0.1, 0.15) is 52.2 Å². The van der Waals surface area contributed by atoms with Crippen molar-refractivity contribution >= 4 is 5.78 Å². The third-order valence-corrected chi connectivity index (χ3v) is 6.58. The van der Waals surface area contributed by atoms with E-state index in [4.69, 9.17) is 4.42 Å². The van der Waals surface area contributed by atoms with Crippen molar-refractivity contribution < 1.29 is 9.21 Å². The summed E-state index contributed by atoms with van der Waals surface area (Å²) in [5.41, 5.74) is 2.57. The monoisotopic (exact) mass is 313 g/mol.